The first-order chi connectivity index (χ1) is 9.21. The first-order valence-corrected chi connectivity index (χ1v) is 6.73. The van der Waals surface area contributed by atoms with Crippen molar-refractivity contribution in [3.05, 3.63) is 24.0 Å². The fourth-order valence-electron chi connectivity index (χ4n) is 2.75. The second-order valence-electron chi connectivity index (χ2n) is 5.33. The van der Waals surface area contributed by atoms with Crippen molar-refractivity contribution >= 4 is 5.91 Å². The van der Waals surface area contributed by atoms with Gasteiger partial charge in [0.2, 0.25) is 0 Å². The Labute approximate surface area is 113 Å². The van der Waals surface area contributed by atoms with E-state index < -0.39 is 0 Å². The molecule has 0 spiro atoms. The number of carbonyl (C=O) groups is 1. The third-order valence-electron chi connectivity index (χ3n) is 3.97. The number of amides is 1. The van der Waals surface area contributed by atoms with Crippen LogP contribution in [0.1, 0.15) is 29.6 Å². The van der Waals surface area contributed by atoms with Crippen LogP contribution in [0.2, 0.25) is 0 Å². The summed E-state index contributed by atoms with van der Waals surface area (Å²) in [5, 5.41) is 9.70. The van der Waals surface area contributed by atoms with Crippen LogP contribution in [0.3, 0.4) is 0 Å². The molecule has 5 nitrogen and oxygen atoms in total. The van der Waals surface area contributed by atoms with Crippen molar-refractivity contribution in [3.63, 3.8) is 0 Å². The number of nitrogens with one attached hydrogen (secondary N) is 1. The fraction of sp³-hybridized carbons (Fsp3) is 0.643. The number of ether oxygens (including phenoxy) is 1. The van der Waals surface area contributed by atoms with E-state index in [1.807, 2.05) is 4.90 Å². The molecular weight excluding hydrogens is 244 g/mol. The Hall–Kier alpha value is -1.33. The summed E-state index contributed by atoms with van der Waals surface area (Å²) in [6.45, 7) is 2.09. The highest BCUT2D eigenvalue weighted by Crippen LogP contribution is 2.33. The quantitative estimate of drug-likeness (QED) is 0.843. The molecule has 2 N–H and O–H groups in total. The minimum atomic E-state index is -0.208. The van der Waals surface area contributed by atoms with Gasteiger partial charge in [0.15, 0.2) is 0 Å². The molecule has 0 saturated carbocycles. The summed E-state index contributed by atoms with van der Waals surface area (Å²) in [5.74, 6) is 0.0381. The van der Waals surface area contributed by atoms with Crippen LogP contribution in [0.5, 0.6) is 0 Å². The van der Waals surface area contributed by atoms with Gasteiger partial charge in [-0.05, 0) is 25.3 Å². The van der Waals surface area contributed by atoms with Gasteiger partial charge in [-0.2, -0.15) is 0 Å². The molecule has 106 valence electrons. The Morgan fingerprint density at radius 3 is 3.11 bits per heavy atom. The Balaban J connectivity index is 2.05. The molecule has 0 radical (unpaired) electrons. The zero-order valence-electron chi connectivity index (χ0n) is 11.4. The van der Waals surface area contributed by atoms with Gasteiger partial charge >= 0.3 is 0 Å². The second kappa shape index (κ2) is 6.21. The van der Waals surface area contributed by atoms with E-state index in [0.29, 0.717) is 18.7 Å². The van der Waals surface area contributed by atoms with Crippen molar-refractivity contribution in [2.75, 3.05) is 33.4 Å². The SMILES string of the molecule is COCC[C@@]1(CO)CCCN(C(=O)c2cc[nH]c2)C1. The van der Waals surface area contributed by atoms with Gasteiger partial charge in [-0.3, -0.25) is 4.79 Å². The van der Waals surface area contributed by atoms with Gasteiger partial charge < -0.3 is 19.7 Å². The average molecular weight is 266 g/mol. The molecule has 19 heavy (non-hydrogen) atoms. The molecule has 1 aromatic rings. The van der Waals surface area contributed by atoms with Gasteiger partial charge in [-0.25, -0.2) is 0 Å². The molecule has 2 heterocycles. The molecule has 1 aliphatic heterocycles. The first kappa shape index (κ1) is 14.1. The summed E-state index contributed by atoms with van der Waals surface area (Å²) < 4.78 is 5.12. The summed E-state index contributed by atoms with van der Waals surface area (Å²) in [5.41, 5.74) is 0.473. The molecule has 1 aliphatic rings. The number of methoxy groups -OCH3 is 1. The van der Waals surface area contributed by atoms with Gasteiger partial charge in [0, 0.05) is 44.6 Å². The summed E-state index contributed by atoms with van der Waals surface area (Å²) in [4.78, 5) is 17.1. The molecule has 1 saturated heterocycles. The molecule has 0 aromatic carbocycles. The van der Waals surface area contributed by atoms with Crippen LogP contribution in [0.4, 0.5) is 0 Å². The normalized spacial score (nSPS) is 23.6. The largest absolute Gasteiger partial charge is 0.396 e. The van der Waals surface area contributed by atoms with Crippen molar-refractivity contribution in [2.24, 2.45) is 5.41 Å². The molecule has 0 bridgehead atoms. The third-order valence-corrected chi connectivity index (χ3v) is 3.97. The summed E-state index contributed by atoms with van der Waals surface area (Å²) in [7, 11) is 1.66. The summed E-state index contributed by atoms with van der Waals surface area (Å²) >= 11 is 0. The minimum absolute atomic E-state index is 0.0381. The maximum absolute atomic E-state index is 12.3. The van der Waals surface area contributed by atoms with E-state index in [2.05, 4.69) is 4.98 Å². The number of aromatic amines is 1. The van der Waals surface area contributed by atoms with Crippen LogP contribution in [-0.4, -0.2) is 54.3 Å². The Kier molecular flexibility index (Phi) is 4.61. The predicted octanol–water partition coefficient (Wildman–Crippen LogP) is 1.27. The van der Waals surface area contributed by atoms with Crippen LogP contribution in [0, 0.1) is 5.41 Å². The average Bonchev–Trinajstić information content (AvgIpc) is 2.99. The zero-order valence-corrected chi connectivity index (χ0v) is 11.4. The second-order valence-corrected chi connectivity index (χ2v) is 5.33. The van der Waals surface area contributed by atoms with Crippen LogP contribution < -0.4 is 0 Å². The maximum atomic E-state index is 12.3. The van der Waals surface area contributed by atoms with Gasteiger partial charge in [-0.15, -0.1) is 0 Å². The van der Waals surface area contributed by atoms with Crippen LogP contribution in [-0.2, 0) is 4.74 Å². The van der Waals surface area contributed by atoms with Crippen molar-refractivity contribution in [2.45, 2.75) is 19.3 Å². The molecule has 1 aromatic heterocycles. The van der Waals surface area contributed by atoms with Crippen LogP contribution in [0.15, 0.2) is 18.5 Å². The van der Waals surface area contributed by atoms with E-state index >= 15 is 0 Å². The number of H-pyrrole nitrogens is 1. The van der Waals surface area contributed by atoms with Crippen LogP contribution >= 0.6 is 0 Å². The van der Waals surface area contributed by atoms with Gasteiger partial charge in [0.1, 0.15) is 0 Å². The third kappa shape index (κ3) is 3.16. The van der Waals surface area contributed by atoms with E-state index in [1.165, 1.54) is 0 Å². The zero-order chi connectivity index (χ0) is 13.7. The predicted molar refractivity (Wildman–Crippen MR) is 71.9 cm³/mol. The monoisotopic (exact) mass is 266 g/mol. The van der Waals surface area contributed by atoms with E-state index in [9.17, 15) is 9.90 Å². The Bertz CT molecular complexity index is 405. The highest BCUT2D eigenvalue weighted by Gasteiger charge is 2.36. The summed E-state index contributed by atoms with van der Waals surface area (Å²) in [6, 6.07) is 1.78. The first-order valence-electron chi connectivity index (χ1n) is 6.73. The number of aliphatic hydroxyl groups is 1. The molecule has 1 fully saturated rings. The van der Waals surface area contributed by atoms with E-state index in [4.69, 9.17) is 4.74 Å². The number of aliphatic hydroxyl groups excluding tert-OH is 1. The number of rotatable bonds is 5. The van der Waals surface area contributed by atoms with Gasteiger partial charge in [-0.1, -0.05) is 0 Å². The lowest BCUT2D eigenvalue weighted by Crippen LogP contribution is -2.48. The van der Waals surface area contributed by atoms with Crippen molar-refractivity contribution in [1.29, 1.82) is 0 Å². The lowest BCUT2D eigenvalue weighted by atomic mass is 9.78. The van der Waals surface area contributed by atoms with Gasteiger partial charge in [0.25, 0.3) is 5.91 Å². The van der Waals surface area contributed by atoms with E-state index in [-0.39, 0.29) is 17.9 Å². The summed E-state index contributed by atoms with van der Waals surface area (Å²) in [6.07, 6.45) is 6.13. The number of likely N-dealkylation sites (tertiary alicyclic amines) is 1. The Morgan fingerprint density at radius 1 is 1.63 bits per heavy atom. The number of piperidine rings is 1. The lowest BCUT2D eigenvalue weighted by Gasteiger charge is -2.41. The Morgan fingerprint density at radius 2 is 2.47 bits per heavy atom. The molecule has 0 aliphatic carbocycles. The molecular formula is C14H22N2O3. The van der Waals surface area contributed by atoms with E-state index in [0.717, 1.165) is 25.8 Å². The van der Waals surface area contributed by atoms with Crippen molar-refractivity contribution < 1.29 is 14.6 Å². The fourth-order valence-corrected chi connectivity index (χ4v) is 2.75. The molecule has 0 unspecified atom stereocenters. The highest BCUT2D eigenvalue weighted by atomic mass is 16.5. The minimum Gasteiger partial charge on any atom is -0.396 e. The number of hydrogen-bond donors (Lipinski definition) is 2. The number of carbonyl (C=O) groups excluding carboxylic acids is 1. The van der Waals surface area contributed by atoms with E-state index in [1.54, 1.807) is 25.6 Å². The number of nitrogens with zero attached hydrogens (tertiary/aromatic N) is 1. The molecule has 5 heteroatoms. The molecule has 2 rings (SSSR count). The lowest BCUT2D eigenvalue weighted by molar-refractivity contribution is 0.00899. The van der Waals surface area contributed by atoms with Crippen LogP contribution in [0.25, 0.3) is 0 Å². The number of hydrogen-bond acceptors (Lipinski definition) is 3. The maximum Gasteiger partial charge on any atom is 0.255 e. The smallest absolute Gasteiger partial charge is 0.255 e. The topological polar surface area (TPSA) is 65.6 Å². The molecule has 1 amide bonds. The molecule has 1 atom stereocenters. The van der Waals surface area contributed by atoms with Crippen molar-refractivity contribution in [3.8, 4) is 0 Å². The number of aromatic nitrogens is 1. The highest BCUT2D eigenvalue weighted by molar-refractivity contribution is 5.94. The van der Waals surface area contributed by atoms with Crippen molar-refractivity contribution in [1.82, 2.24) is 9.88 Å². The standard InChI is InChI=1S/C14H22N2O3/c1-19-8-5-14(11-17)4-2-7-16(10-14)13(18)12-3-6-15-9-12/h3,6,9,15,17H,2,4-5,7-8,10-11H2,1H3/t14-/m0/s1. The van der Waals surface area contributed by atoms with Gasteiger partial charge in [0.05, 0.1) is 12.2 Å².